The Hall–Kier alpha value is -0.490. The molecule has 0 aliphatic heterocycles. The predicted molar refractivity (Wildman–Crippen MR) is 68.7 cm³/mol. The molecule has 2 atom stereocenters. The van der Waals surface area contributed by atoms with Crippen molar-refractivity contribution >= 4 is 11.6 Å². The van der Waals surface area contributed by atoms with E-state index < -0.39 is 0 Å². The van der Waals surface area contributed by atoms with Gasteiger partial charge in [-0.05, 0) is 36.3 Å². The fourth-order valence-corrected chi connectivity index (χ4v) is 2.26. The molecule has 0 fully saturated rings. The van der Waals surface area contributed by atoms with Crippen LogP contribution in [0.15, 0.2) is 24.3 Å². The van der Waals surface area contributed by atoms with Crippen molar-refractivity contribution in [1.29, 1.82) is 0 Å². The van der Waals surface area contributed by atoms with Gasteiger partial charge in [0, 0.05) is 5.88 Å². The third-order valence-electron chi connectivity index (χ3n) is 3.20. The maximum absolute atomic E-state index is 6.08. The van der Waals surface area contributed by atoms with Crippen molar-refractivity contribution in [3.8, 4) is 0 Å². The van der Waals surface area contributed by atoms with E-state index in [9.17, 15) is 0 Å². The van der Waals surface area contributed by atoms with Gasteiger partial charge in [-0.1, -0.05) is 44.5 Å². The monoisotopic (exact) mass is 224 g/mol. The quantitative estimate of drug-likeness (QED) is 0.633. The summed E-state index contributed by atoms with van der Waals surface area (Å²) in [7, 11) is 0. The van der Waals surface area contributed by atoms with Crippen molar-refractivity contribution in [3.05, 3.63) is 35.4 Å². The number of halogens is 1. The SMILES string of the molecule is CCC(C)CC(CCl)c1ccccc1C. The fraction of sp³-hybridized carbons (Fsp3) is 0.571. The van der Waals surface area contributed by atoms with E-state index in [0.717, 1.165) is 11.8 Å². The van der Waals surface area contributed by atoms with Gasteiger partial charge < -0.3 is 0 Å². The second-order valence-corrected chi connectivity index (χ2v) is 4.77. The van der Waals surface area contributed by atoms with Gasteiger partial charge in [0.25, 0.3) is 0 Å². The van der Waals surface area contributed by atoms with Crippen LogP contribution in [0.5, 0.6) is 0 Å². The summed E-state index contributed by atoms with van der Waals surface area (Å²) in [4.78, 5) is 0. The summed E-state index contributed by atoms with van der Waals surface area (Å²) in [6, 6.07) is 8.59. The number of alkyl halides is 1. The summed E-state index contributed by atoms with van der Waals surface area (Å²) in [5, 5.41) is 0. The summed E-state index contributed by atoms with van der Waals surface area (Å²) in [5.41, 5.74) is 2.79. The standard InChI is InChI=1S/C14H21Cl/c1-4-11(2)9-13(10-15)14-8-6-5-7-12(14)3/h5-8,11,13H,4,9-10H2,1-3H3. The van der Waals surface area contributed by atoms with Crippen molar-refractivity contribution < 1.29 is 0 Å². The normalized spacial score (nSPS) is 14.9. The topological polar surface area (TPSA) is 0 Å². The van der Waals surface area contributed by atoms with Crippen LogP contribution >= 0.6 is 11.6 Å². The van der Waals surface area contributed by atoms with Gasteiger partial charge in [0.1, 0.15) is 0 Å². The average Bonchev–Trinajstić information content (AvgIpc) is 2.26. The molecule has 1 aromatic rings. The maximum atomic E-state index is 6.08. The minimum Gasteiger partial charge on any atom is -0.126 e. The molecule has 84 valence electrons. The Bertz CT molecular complexity index is 293. The molecule has 0 radical (unpaired) electrons. The third kappa shape index (κ3) is 3.53. The van der Waals surface area contributed by atoms with E-state index in [4.69, 9.17) is 11.6 Å². The number of hydrogen-bond acceptors (Lipinski definition) is 0. The largest absolute Gasteiger partial charge is 0.126 e. The minimum atomic E-state index is 0.516. The molecular weight excluding hydrogens is 204 g/mol. The molecule has 0 nitrogen and oxygen atoms in total. The Morgan fingerprint density at radius 3 is 2.47 bits per heavy atom. The molecule has 0 aromatic heterocycles. The van der Waals surface area contributed by atoms with E-state index in [-0.39, 0.29) is 0 Å². The first-order valence-electron chi connectivity index (χ1n) is 5.80. The predicted octanol–water partition coefficient (Wildman–Crippen LogP) is 4.75. The molecule has 2 unspecified atom stereocenters. The van der Waals surface area contributed by atoms with Crippen LogP contribution in [0.4, 0.5) is 0 Å². The van der Waals surface area contributed by atoms with Crippen molar-refractivity contribution in [2.45, 2.75) is 39.5 Å². The highest BCUT2D eigenvalue weighted by atomic mass is 35.5. The molecule has 0 spiro atoms. The summed E-state index contributed by atoms with van der Waals surface area (Å²) in [6.07, 6.45) is 2.43. The zero-order valence-corrected chi connectivity index (χ0v) is 10.7. The second kappa shape index (κ2) is 6.17. The molecule has 1 rings (SSSR count). The highest BCUT2D eigenvalue weighted by Crippen LogP contribution is 2.28. The van der Waals surface area contributed by atoms with E-state index >= 15 is 0 Å². The van der Waals surface area contributed by atoms with Crippen LogP contribution in [0.25, 0.3) is 0 Å². The molecule has 0 amide bonds. The van der Waals surface area contributed by atoms with E-state index in [1.807, 2.05) is 0 Å². The molecule has 0 aliphatic rings. The van der Waals surface area contributed by atoms with Gasteiger partial charge in [-0.2, -0.15) is 0 Å². The summed E-state index contributed by atoms with van der Waals surface area (Å²) < 4.78 is 0. The van der Waals surface area contributed by atoms with E-state index in [1.165, 1.54) is 24.0 Å². The van der Waals surface area contributed by atoms with Crippen LogP contribution in [0.1, 0.15) is 43.7 Å². The zero-order chi connectivity index (χ0) is 11.3. The molecular formula is C14H21Cl. The number of rotatable bonds is 5. The lowest BCUT2D eigenvalue weighted by Crippen LogP contribution is -2.07. The van der Waals surface area contributed by atoms with Gasteiger partial charge >= 0.3 is 0 Å². The number of benzene rings is 1. The summed E-state index contributed by atoms with van der Waals surface area (Å²) in [5.74, 6) is 2.01. The van der Waals surface area contributed by atoms with Crippen LogP contribution in [-0.4, -0.2) is 5.88 Å². The lowest BCUT2D eigenvalue weighted by Gasteiger charge is -2.20. The van der Waals surface area contributed by atoms with Crippen LogP contribution in [-0.2, 0) is 0 Å². The Labute approximate surface area is 98.7 Å². The third-order valence-corrected chi connectivity index (χ3v) is 3.57. The first-order valence-corrected chi connectivity index (χ1v) is 6.34. The number of aryl methyl sites for hydroxylation is 1. The van der Waals surface area contributed by atoms with Crippen molar-refractivity contribution in [3.63, 3.8) is 0 Å². The second-order valence-electron chi connectivity index (χ2n) is 4.46. The van der Waals surface area contributed by atoms with Crippen molar-refractivity contribution in [1.82, 2.24) is 0 Å². The molecule has 1 aromatic carbocycles. The van der Waals surface area contributed by atoms with Gasteiger partial charge in [0.2, 0.25) is 0 Å². The minimum absolute atomic E-state index is 0.516. The van der Waals surface area contributed by atoms with Gasteiger partial charge in [-0.3, -0.25) is 0 Å². The highest BCUT2D eigenvalue weighted by Gasteiger charge is 2.14. The van der Waals surface area contributed by atoms with Gasteiger partial charge in [0.05, 0.1) is 0 Å². The van der Waals surface area contributed by atoms with Crippen molar-refractivity contribution in [2.24, 2.45) is 5.92 Å². The van der Waals surface area contributed by atoms with Gasteiger partial charge in [-0.15, -0.1) is 11.6 Å². The van der Waals surface area contributed by atoms with Gasteiger partial charge in [-0.25, -0.2) is 0 Å². The highest BCUT2D eigenvalue weighted by molar-refractivity contribution is 6.18. The molecule has 0 aliphatic carbocycles. The lowest BCUT2D eigenvalue weighted by molar-refractivity contribution is 0.472. The average molecular weight is 225 g/mol. The molecule has 1 heteroatoms. The molecule has 0 heterocycles. The summed E-state index contributed by atoms with van der Waals surface area (Å²) in [6.45, 7) is 6.72. The van der Waals surface area contributed by atoms with Gasteiger partial charge in [0.15, 0.2) is 0 Å². The smallest absolute Gasteiger partial charge is 0.0292 e. The first kappa shape index (κ1) is 12.6. The van der Waals surface area contributed by atoms with Crippen LogP contribution in [0, 0.1) is 12.8 Å². The molecule has 0 saturated carbocycles. The number of hydrogen-bond donors (Lipinski definition) is 0. The maximum Gasteiger partial charge on any atom is 0.0292 e. The van der Waals surface area contributed by atoms with E-state index in [1.54, 1.807) is 0 Å². The molecule has 0 saturated heterocycles. The van der Waals surface area contributed by atoms with Crippen LogP contribution < -0.4 is 0 Å². The fourth-order valence-electron chi connectivity index (χ4n) is 1.97. The molecule has 15 heavy (non-hydrogen) atoms. The lowest BCUT2D eigenvalue weighted by atomic mass is 9.87. The summed E-state index contributed by atoms with van der Waals surface area (Å²) >= 11 is 6.08. The van der Waals surface area contributed by atoms with E-state index in [2.05, 4.69) is 45.0 Å². The van der Waals surface area contributed by atoms with E-state index in [0.29, 0.717) is 5.92 Å². The molecule has 0 bridgehead atoms. The van der Waals surface area contributed by atoms with Crippen LogP contribution in [0.2, 0.25) is 0 Å². The Balaban J connectivity index is 2.78. The van der Waals surface area contributed by atoms with Crippen LogP contribution in [0.3, 0.4) is 0 Å². The first-order chi connectivity index (χ1) is 7.19. The van der Waals surface area contributed by atoms with Crippen molar-refractivity contribution in [2.75, 3.05) is 5.88 Å². The molecule has 0 N–H and O–H groups in total. The zero-order valence-electron chi connectivity index (χ0n) is 9.96. The Morgan fingerprint density at radius 2 is 1.93 bits per heavy atom. The Kier molecular flexibility index (Phi) is 5.17. The Morgan fingerprint density at radius 1 is 1.27 bits per heavy atom.